The maximum Gasteiger partial charge on any atom is 0.281 e. The topological polar surface area (TPSA) is 173 Å². The highest BCUT2D eigenvalue weighted by Gasteiger charge is 2.25. The number of nitrogens with one attached hydrogen (secondary N) is 1. The summed E-state index contributed by atoms with van der Waals surface area (Å²) in [7, 11) is 1.86. The number of aryl methyl sites for hydroxylation is 2. The number of hydrogen-bond donors (Lipinski definition) is 1. The van der Waals surface area contributed by atoms with Gasteiger partial charge in [-0.3, -0.25) is 29.7 Å². The summed E-state index contributed by atoms with van der Waals surface area (Å²) in [6.45, 7) is 4.45. The van der Waals surface area contributed by atoms with Crippen LogP contribution < -0.4 is 5.32 Å². The van der Waals surface area contributed by atoms with E-state index in [1.807, 2.05) is 24.6 Å². The molecule has 1 aliphatic heterocycles. The predicted molar refractivity (Wildman–Crippen MR) is 134 cm³/mol. The van der Waals surface area contributed by atoms with Crippen molar-refractivity contribution in [1.29, 1.82) is 0 Å². The molecule has 4 rings (SSSR count). The molecule has 1 aliphatic rings. The zero-order valence-electron chi connectivity index (χ0n) is 20.5. The van der Waals surface area contributed by atoms with Crippen molar-refractivity contribution in [3.05, 3.63) is 61.2 Å². The molecule has 0 saturated carbocycles. The normalized spacial score (nSPS) is 15.2. The summed E-state index contributed by atoms with van der Waals surface area (Å²) < 4.78 is 9.53. The van der Waals surface area contributed by atoms with Crippen molar-refractivity contribution in [1.82, 2.24) is 24.5 Å². The third-order valence-electron chi connectivity index (χ3n) is 6.00. The molecule has 37 heavy (non-hydrogen) atoms. The lowest BCUT2D eigenvalue weighted by Crippen LogP contribution is -2.19. The van der Waals surface area contributed by atoms with E-state index in [4.69, 9.17) is 4.74 Å². The minimum atomic E-state index is -0.717. The van der Waals surface area contributed by atoms with Crippen LogP contribution in [0.3, 0.4) is 0 Å². The van der Waals surface area contributed by atoms with E-state index >= 15 is 0 Å². The van der Waals surface area contributed by atoms with Gasteiger partial charge in [0.25, 0.3) is 11.4 Å². The Morgan fingerprint density at radius 1 is 1.19 bits per heavy atom. The van der Waals surface area contributed by atoms with E-state index in [0.717, 1.165) is 48.1 Å². The first-order valence-electron chi connectivity index (χ1n) is 11.5. The molecule has 14 nitrogen and oxygen atoms in total. The minimum Gasteiger partial charge on any atom is -0.376 e. The second-order valence-electron chi connectivity index (χ2n) is 8.71. The van der Waals surface area contributed by atoms with Gasteiger partial charge in [-0.05, 0) is 32.8 Å². The fourth-order valence-electron chi connectivity index (χ4n) is 4.19. The van der Waals surface area contributed by atoms with Crippen molar-refractivity contribution in [3.8, 4) is 0 Å². The number of hydrogen-bond acceptors (Lipinski definition) is 10. The van der Waals surface area contributed by atoms with E-state index in [9.17, 15) is 25.0 Å². The second kappa shape index (κ2) is 11.0. The van der Waals surface area contributed by atoms with Crippen molar-refractivity contribution in [2.24, 2.45) is 7.05 Å². The molecule has 0 radical (unpaired) electrons. The maximum absolute atomic E-state index is 12.7. The fraction of sp³-hybridized carbons (Fsp3) is 0.455. The number of amides is 1. The lowest BCUT2D eigenvalue weighted by molar-refractivity contribution is -0.395. The van der Waals surface area contributed by atoms with Gasteiger partial charge in [0.1, 0.15) is 11.4 Å². The maximum atomic E-state index is 12.7. The summed E-state index contributed by atoms with van der Waals surface area (Å²) >= 11 is 1.15. The molecule has 0 bridgehead atoms. The summed E-state index contributed by atoms with van der Waals surface area (Å²) in [4.78, 5) is 33.9. The van der Waals surface area contributed by atoms with Crippen molar-refractivity contribution < 1.29 is 19.4 Å². The molecule has 1 unspecified atom stereocenters. The van der Waals surface area contributed by atoms with Gasteiger partial charge in [0, 0.05) is 37.9 Å². The molecule has 1 aromatic carbocycles. The lowest BCUT2D eigenvalue weighted by atomic mass is 10.1. The first-order valence-corrected chi connectivity index (χ1v) is 12.5. The molecule has 2 aromatic heterocycles. The van der Waals surface area contributed by atoms with E-state index < -0.39 is 27.1 Å². The van der Waals surface area contributed by atoms with Crippen LogP contribution in [0.4, 0.5) is 17.1 Å². The third-order valence-corrected chi connectivity index (χ3v) is 6.97. The molecule has 0 aliphatic carbocycles. The lowest BCUT2D eigenvalue weighted by Gasteiger charge is -2.14. The molecule has 3 heterocycles. The van der Waals surface area contributed by atoms with Gasteiger partial charge in [0.2, 0.25) is 5.91 Å². The van der Waals surface area contributed by atoms with Crippen LogP contribution in [-0.4, -0.2) is 58.8 Å². The number of carbonyl (C=O) groups is 1. The van der Waals surface area contributed by atoms with Crippen LogP contribution in [0.1, 0.15) is 35.6 Å². The van der Waals surface area contributed by atoms with E-state index in [1.54, 1.807) is 4.68 Å². The summed E-state index contributed by atoms with van der Waals surface area (Å²) in [6.07, 6.45) is 2.41. The Balaban J connectivity index is 1.50. The average molecular weight is 531 g/mol. The largest absolute Gasteiger partial charge is 0.376 e. The molecule has 1 atom stereocenters. The summed E-state index contributed by atoms with van der Waals surface area (Å²) in [6, 6.07) is 4.20. The number of anilines is 1. The molecule has 3 aromatic rings. The van der Waals surface area contributed by atoms with Gasteiger partial charge < -0.3 is 14.6 Å². The number of aromatic nitrogens is 5. The third kappa shape index (κ3) is 6.11. The number of nitro groups is 2. The highest BCUT2D eigenvalue weighted by atomic mass is 32.2. The SMILES string of the molecule is Cc1cc(Cc2nnc(SCC(=O)Nc3cc([N+](=O)[O-])c(C)c([N+](=O)[O-])c3)n2CC2CCCO2)n(C)n1. The summed E-state index contributed by atoms with van der Waals surface area (Å²) in [5.41, 5.74) is 0.872. The van der Waals surface area contributed by atoms with E-state index in [2.05, 4.69) is 20.6 Å². The molecule has 0 spiro atoms. The number of nitrogens with zero attached hydrogens (tertiary/aromatic N) is 7. The molecular formula is C22H26N8O6S. The van der Waals surface area contributed by atoms with E-state index in [1.165, 1.54) is 6.92 Å². The Morgan fingerprint density at radius 2 is 1.89 bits per heavy atom. The molecule has 15 heteroatoms. The van der Waals surface area contributed by atoms with Crippen molar-refractivity contribution in [2.45, 2.75) is 50.9 Å². The van der Waals surface area contributed by atoms with Crippen molar-refractivity contribution >= 4 is 34.7 Å². The number of nitro benzene ring substituents is 2. The van der Waals surface area contributed by atoms with Gasteiger partial charge in [-0.15, -0.1) is 10.2 Å². The molecule has 196 valence electrons. The van der Waals surface area contributed by atoms with Crippen LogP contribution in [0.15, 0.2) is 23.4 Å². The Labute approximate surface area is 215 Å². The minimum absolute atomic E-state index is 0.0184. The Morgan fingerprint density at radius 3 is 2.46 bits per heavy atom. The summed E-state index contributed by atoms with van der Waals surface area (Å²) in [5, 5.41) is 38.7. The van der Waals surface area contributed by atoms with Crippen molar-refractivity contribution in [2.75, 3.05) is 17.7 Å². The number of benzene rings is 1. The smallest absolute Gasteiger partial charge is 0.281 e. The monoisotopic (exact) mass is 530 g/mol. The van der Waals surface area contributed by atoms with Crippen LogP contribution in [0.5, 0.6) is 0 Å². The molecular weight excluding hydrogens is 504 g/mol. The Bertz CT molecular complexity index is 1310. The molecule has 1 N–H and O–H groups in total. The molecule has 1 fully saturated rings. The van der Waals surface area contributed by atoms with Crippen molar-refractivity contribution in [3.63, 3.8) is 0 Å². The zero-order valence-corrected chi connectivity index (χ0v) is 21.4. The Kier molecular flexibility index (Phi) is 7.83. The van der Waals surface area contributed by atoms with Gasteiger partial charge in [-0.2, -0.15) is 5.10 Å². The van der Waals surface area contributed by atoms with E-state index in [0.29, 0.717) is 30.6 Å². The highest BCUT2D eigenvalue weighted by molar-refractivity contribution is 7.99. The first-order chi connectivity index (χ1) is 17.6. The van der Waals surface area contributed by atoms with Crippen LogP contribution >= 0.6 is 11.8 Å². The predicted octanol–water partition coefficient (Wildman–Crippen LogP) is 2.95. The van der Waals surface area contributed by atoms with Gasteiger partial charge in [-0.1, -0.05) is 11.8 Å². The second-order valence-corrected chi connectivity index (χ2v) is 9.65. The van der Waals surface area contributed by atoms with Crippen LogP contribution in [0.2, 0.25) is 0 Å². The van der Waals surface area contributed by atoms with Gasteiger partial charge in [0.15, 0.2) is 5.16 Å². The van der Waals surface area contributed by atoms with Crippen LogP contribution in [0.25, 0.3) is 0 Å². The first kappa shape index (κ1) is 26.2. The number of ether oxygens (including phenoxy) is 1. The highest BCUT2D eigenvalue weighted by Crippen LogP contribution is 2.32. The average Bonchev–Trinajstić information content (AvgIpc) is 3.55. The van der Waals surface area contributed by atoms with Gasteiger partial charge >= 0.3 is 0 Å². The molecule has 1 amide bonds. The van der Waals surface area contributed by atoms with Gasteiger partial charge in [-0.25, -0.2) is 0 Å². The standard InChI is InChI=1S/C22H26N8O6S/c1-13-7-16(27(3)26-13)10-20-24-25-22(28(20)11-17-5-4-6-36-17)37-12-21(31)23-15-8-18(29(32)33)14(2)19(9-15)30(34)35/h7-9,17H,4-6,10-12H2,1-3H3,(H,23,31). The Hall–Kier alpha value is -3.85. The van der Waals surface area contributed by atoms with Crippen LogP contribution in [-0.2, 0) is 29.5 Å². The fourth-order valence-corrected chi connectivity index (χ4v) is 4.95. The van der Waals surface area contributed by atoms with Gasteiger partial charge in [0.05, 0.1) is 39.6 Å². The van der Waals surface area contributed by atoms with Crippen LogP contribution in [0, 0.1) is 34.1 Å². The summed E-state index contributed by atoms with van der Waals surface area (Å²) in [5.74, 6) is 0.142. The number of thioether (sulfide) groups is 1. The quantitative estimate of drug-likeness (QED) is 0.233. The van der Waals surface area contributed by atoms with E-state index in [-0.39, 0.29) is 23.1 Å². The number of carbonyl (C=O) groups excluding carboxylic acids is 1. The number of rotatable bonds is 10. The zero-order chi connectivity index (χ0) is 26.7. The molecule has 1 saturated heterocycles.